The SMILES string of the molecule is CC1=CC(OCc2c(F)cccc2F)C(C(C)(C)NC(=O)c2ccccc2)CC1. The molecule has 3 rings (SSSR count). The van der Waals surface area contributed by atoms with Crippen molar-refractivity contribution < 1.29 is 18.3 Å². The third-order valence-electron chi connectivity index (χ3n) is 5.58. The van der Waals surface area contributed by atoms with Gasteiger partial charge < -0.3 is 10.1 Å². The van der Waals surface area contributed by atoms with Crippen LogP contribution in [0.25, 0.3) is 0 Å². The van der Waals surface area contributed by atoms with Gasteiger partial charge in [-0.25, -0.2) is 8.78 Å². The minimum atomic E-state index is -0.616. The van der Waals surface area contributed by atoms with Gasteiger partial charge >= 0.3 is 0 Å². The lowest BCUT2D eigenvalue weighted by atomic mass is 9.75. The number of carbonyl (C=O) groups is 1. The average Bonchev–Trinajstić information content (AvgIpc) is 2.68. The molecular weight excluding hydrogens is 372 g/mol. The summed E-state index contributed by atoms with van der Waals surface area (Å²) < 4.78 is 33.9. The Morgan fingerprint density at radius 2 is 1.76 bits per heavy atom. The summed E-state index contributed by atoms with van der Waals surface area (Å²) in [5.74, 6) is -1.42. The second-order valence-corrected chi connectivity index (χ2v) is 8.18. The zero-order valence-corrected chi connectivity index (χ0v) is 17.0. The predicted molar refractivity (Wildman–Crippen MR) is 109 cm³/mol. The number of rotatable bonds is 6. The minimum absolute atomic E-state index is 0.0336. The smallest absolute Gasteiger partial charge is 0.251 e. The first-order valence-electron chi connectivity index (χ1n) is 9.87. The van der Waals surface area contributed by atoms with E-state index in [9.17, 15) is 13.6 Å². The molecule has 1 N–H and O–H groups in total. The highest BCUT2D eigenvalue weighted by Crippen LogP contribution is 2.35. The van der Waals surface area contributed by atoms with Crippen LogP contribution in [0.5, 0.6) is 0 Å². The van der Waals surface area contributed by atoms with Crippen molar-refractivity contribution in [1.29, 1.82) is 0 Å². The van der Waals surface area contributed by atoms with E-state index in [-0.39, 0.29) is 30.1 Å². The molecule has 1 aliphatic rings. The van der Waals surface area contributed by atoms with Gasteiger partial charge in [-0.3, -0.25) is 4.79 Å². The van der Waals surface area contributed by atoms with Crippen molar-refractivity contribution in [2.45, 2.75) is 51.9 Å². The Morgan fingerprint density at radius 3 is 2.41 bits per heavy atom. The number of carbonyl (C=O) groups excluding carboxylic acids is 1. The molecule has 0 aliphatic heterocycles. The van der Waals surface area contributed by atoms with E-state index in [0.717, 1.165) is 12.8 Å². The van der Waals surface area contributed by atoms with Crippen LogP contribution in [0.2, 0.25) is 0 Å². The van der Waals surface area contributed by atoms with Gasteiger partial charge in [0.05, 0.1) is 12.7 Å². The average molecular weight is 399 g/mol. The molecule has 0 bridgehead atoms. The number of amides is 1. The molecule has 0 radical (unpaired) electrons. The van der Waals surface area contributed by atoms with E-state index >= 15 is 0 Å². The van der Waals surface area contributed by atoms with Crippen molar-refractivity contribution in [3.05, 3.63) is 82.9 Å². The predicted octanol–water partition coefficient (Wildman–Crippen LogP) is 5.41. The molecule has 154 valence electrons. The number of allylic oxidation sites excluding steroid dienone is 1. The van der Waals surface area contributed by atoms with Gasteiger partial charge in [0.25, 0.3) is 5.91 Å². The van der Waals surface area contributed by atoms with E-state index < -0.39 is 17.2 Å². The molecule has 5 heteroatoms. The third kappa shape index (κ3) is 5.10. The van der Waals surface area contributed by atoms with E-state index in [0.29, 0.717) is 5.56 Å². The van der Waals surface area contributed by atoms with Gasteiger partial charge in [0, 0.05) is 22.6 Å². The van der Waals surface area contributed by atoms with E-state index in [1.165, 1.54) is 23.8 Å². The van der Waals surface area contributed by atoms with Crippen LogP contribution in [0.4, 0.5) is 8.78 Å². The molecule has 1 aliphatic carbocycles. The standard InChI is InChI=1S/C24H27F2NO2/c1-16-12-13-19(24(2,3)27-23(28)17-8-5-4-6-9-17)22(14-16)29-15-18-20(25)10-7-11-21(18)26/h4-11,14,19,22H,12-13,15H2,1-3H3,(H,27,28). The first kappa shape index (κ1) is 21.2. The Bertz CT molecular complexity index is 873. The maximum Gasteiger partial charge on any atom is 0.251 e. The van der Waals surface area contributed by atoms with Crippen LogP contribution in [-0.2, 0) is 11.3 Å². The van der Waals surface area contributed by atoms with E-state index in [1.54, 1.807) is 12.1 Å². The van der Waals surface area contributed by atoms with Gasteiger partial charge in [0.15, 0.2) is 0 Å². The Balaban J connectivity index is 1.76. The minimum Gasteiger partial charge on any atom is -0.369 e. The summed E-state index contributed by atoms with van der Waals surface area (Å²) in [5.41, 5.74) is 1.12. The normalized spacial score (nSPS) is 19.6. The first-order chi connectivity index (χ1) is 13.8. The molecule has 0 aromatic heterocycles. The summed E-state index contributed by atoms with van der Waals surface area (Å²) in [7, 11) is 0. The molecule has 0 spiro atoms. The second kappa shape index (κ2) is 8.87. The first-order valence-corrected chi connectivity index (χ1v) is 9.87. The van der Waals surface area contributed by atoms with Crippen LogP contribution in [0.3, 0.4) is 0 Å². The molecule has 2 aromatic carbocycles. The number of halogens is 2. The number of hydrogen-bond donors (Lipinski definition) is 1. The second-order valence-electron chi connectivity index (χ2n) is 8.18. The van der Waals surface area contributed by atoms with Crippen molar-refractivity contribution >= 4 is 5.91 Å². The van der Waals surface area contributed by atoms with Gasteiger partial charge in [-0.05, 0) is 57.9 Å². The van der Waals surface area contributed by atoms with Gasteiger partial charge in [-0.2, -0.15) is 0 Å². The fraction of sp³-hybridized carbons (Fsp3) is 0.375. The topological polar surface area (TPSA) is 38.3 Å². The molecule has 29 heavy (non-hydrogen) atoms. The highest BCUT2D eigenvalue weighted by Gasteiger charge is 2.38. The Kier molecular flexibility index (Phi) is 6.48. The Hall–Kier alpha value is -2.53. The van der Waals surface area contributed by atoms with E-state index in [1.807, 2.05) is 45.0 Å². The Labute approximate surface area is 170 Å². The number of nitrogens with one attached hydrogen (secondary N) is 1. The summed E-state index contributed by atoms with van der Waals surface area (Å²) in [5, 5.41) is 3.11. The largest absolute Gasteiger partial charge is 0.369 e. The van der Waals surface area contributed by atoms with E-state index in [2.05, 4.69) is 5.32 Å². The Morgan fingerprint density at radius 1 is 1.10 bits per heavy atom. The van der Waals surface area contributed by atoms with Crippen molar-refractivity contribution in [2.24, 2.45) is 5.92 Å². The lowest BCUT2D eigenvalue weighted by Crippen LogP contribution is -2.53. The fourth-order valence-electron chi connectivity index (χ4n) is 3.86. The monoisotopic (exact) mass is 399 g/mol. The van der Waals surface area contributed by atoms with Crippen LogP contribution in [0.15, 0.2) is 60.2 Å². The highest BCUT2D eigenvalue weighted by molar-refractivity contribution is 5.94. The van der Waals surface area contributed by atoms with Gasteiger partial charge in [-0.1, -0.05) is 35.9 Å². The molecule has 3 nitrogen and oxygen atoms in total. The van der Waals surface area contributed by atoms with Crippen LogP contribution >= 0.6 is 0 Å². The van der Waals surface area contributed by atoms with Crippen LogP contribution in [0, 0.1) is 17.6 Å². The molecule has 0 saturated carbocycles. The molecule has 2 atom stereocenters. The molecular formula is C24H27F2NO2. The summed E-state index contributed by atoms with van der Waals surface area (Å²) in [6.07, 6.45) is 3.36. The zero-order chi connectivity index (χ0) is 21.0. The fourth-order valence-corrected chi connectivity index (χ4v) is 3.86. The molecule has 2 aromatic rings. The molecule has 0 saturated heterocycles. The van der Waals surface area contributed by atoms with Gasteiger partial charge in [-0.15, -0.1) is 0 Å². The summed E-state index contributed by atoms with van der Waals surface area (Å²) in [6.45, 7) is 5.79. The quantitative estimate of drug-likeness (QED) is 0.659. The van der Waals surface area contributed by atoms with Crippen molar-refractivity contribution in [3.63, 3.8) is 0 Å². The number of benzene rings is 2. The maximum absolute atomic E-state index is 14.0. The molecule has 0 heterocycles. The van der Waals surface area contributed by atoms with Gasteiger partial charge in [0.1, 0.15) is 11.6 Å². The van der Waals surface area contributed by atoms with Crippen LogP contribution < -0.4 is 5.32 Å². The highest BCUT2D eigenvalue weighted by atomic mass is 19.1. The third-order valence-corrected chi connectivity index (χ3v) is 5.58. The van der Waals surface area contributed by atoms with Gasteiger partial charge in [0.2, 0.25) is 0 Å². The molecule has 2 unspecified atom stereocenters. The lowest BCUT2D eigenvalue weighted by Gasteiger charge is -2.41. The van der Waals surface area contributed by atoms with Crippen molar-refractivity contribution in [3.8, 4) is 0 Å². The number of ether oxygens (including phenoxy) is 1. The molecule has 1 amide bonds. The maximum atomic E-state index is 14.0. The van der Waals surface area contributed by atoms with E-state index in [4.69, 9.17) is 4.74 Å². The molecule has 0 fully saturated rings. The van der Waals surface area contributed by atoms with Crippen molar-refractivity contribution in [2.75, 3.05) is 0 Å². The summed E-state index contributed by atoms with van der Waals surface area (Å²) in [4.78, 5) is 12.7. The zero-order valence-electron chi connectivity index (χ0n) is 17.0. The summed E-state index contributed by atoms with van der Waals surface area (Å²) in [6, 6.07) is 12.8. The van der Waals surface area contributed by atoms with Crippen LogP contribution in [-0.4, -0.2) is 17.6 Å². The summed E-state index contributed by atoms with van der Waals surface area (Å²) >= 11 is 0. The van der Waals surface area contributed by atoms with Crippen molar-refractivity contribution in [1.82, 2.24) is 5.32 Å². The number of hydrogen-bond acceptors (Lipinski definition) is 2. The van der Waals surface area contributed by atoms with Crippen LogP contribution in [0.1, 0.15) is 49.5 Å². The lowest BCUT2D eigenvalue weighted by molar-refractivity contribution is -0.00525.